The maximum absolute atomic E-state index is 15.7. The van der Waals surface area contributed by atoms with Gasteiger partial charge in [0.15, 0.2) is 0 Å². The van der Waals surface area contributed by atoms with Crippen LogP contribution in [0.3, 0.4) is 0 Å². The maximum atomic E-state index is 15.7. The fraction of sp³-hybridized carbons (Fsp3) is 0.372. The van der Waals surface area contributed by atoms with Crippen LogP contribution in [0, 0.1) is 17.7 Å². The molecule has 2 heterocycles. The van der Waals surface area contributed by atoms with Gasteiger partial charge in [-0.15, -0.1) is 0 Å². The number of carbonyl (C=O) groups is 2. The topological polar surface area (TPSA) is 118 Å². The number of carboxylic acid groups (broad SMARTS) is 1. The number of aliphatic carboxylic acids is 1. The molecule has 1 aliphatic heterocycles. The van der Waals surface area contributed by atoms with Gasteiger partial charge in [0.05, 0.1) is 43.4 Å². The van der Waals surface area contributed by atoms with Crippen LogP contribution >= 0.6 is 23.2 Å². The van der Waals surface area contributed by atoms with Crippen molar-refractivity contribution in [3.05, 3.63) is 99.4 Å². The van der Waals surface area contributed by atoms with Crippen molar-refractivity contribution < 1.29 is 28.6 Å². The van der Waals surface area contributed by atoms with Crippen molar-refractivity contribution in [3.8, 4) is 33.8 Å². The molecule has 4 aromatic carbocycles. The Kier molecular flexibility index (Phi) is 10.5. The predicted octanol–water partition coefficient (Wildman–Crippen LogP) is 7.94. The normalized spacial score (nSPS) is 21.4. The van der Waals surface area contributed by atoms with Crippen molar-refractivity contribution in [3.63, 3.8) is 0 Å². The highest BCUT2D eigenvalue weighted by atomic mass is 35.5. The Morgan fingerprint density at radius 3 is 2.50 bits per heavy atom. The quantitative estimate of drug-likeness (QED) is 0.104. The Labute approximate surface area is 334 Å². The fourth-order valence-corrected chi connectivity index (χ4v) is 9.69. The van der Waals surface area contributed by atoms with Crippen LogP contribution in [0.15, 0.2) is 66.9 Å². The van der Waals surface area contributed by atoms with E-state index in [1.807, 2.05) is 59.4 Å². The van der Waals surface area contributed by atoms with Crippen molar-refractivity contribution in [1.82, 2.24) is 25.3 Å². The summed E-state index contributed by atoms with van der Waals surface area (Å²) in [6.45, 7) is 1.78. The number of hydrogen-bond acceptors (Lipinski definition) is 7. The molecule has 13 heteroatoms. The second-order valence-corrected chi connectivity index (χ2v) is 16.2. The third-order valence-electron chi connectivity index (χ3n) is 12.2. The molecular formula is C43H44Cl2FN5O5. The van der Waals surface area contributed by atoms with E-state index in [9.17, 15) is 14.7 Å². The fourth-order valence-electron chi connectivity index (χ4n) is 9.11. The summed E-state index contributed by atoms with van der Waals surface area (Å²) in [5, 5.41) is 22.5. The zero-order chi connectivity index (χ0) is 39.3. The summed E-state index contributed by atoms with van der Waals surface area (Å²) >= 11 is 14.1. The highest BCUT2D eigenvalue weighted by Crippen LogP contribution is 2.58. The minimum absolute atomic E-state index is 0.0321. The number of hydrogen-bond donors (Lipinski definition) is 3. The van der Waals surface area contributed by atoms with E-state index >= 15 is 4.39 Å². The van der Waals surface area contributed by atoms with E-state index in [4.69, 9.17) is 37.8 Å². The Balaban J connectivity index is 1.02. The lowest BCUT2D eigenvalue weighted by atomic mass is 9.75. The zero-order valence-electron chi connectivity index (χ0n) is 31.5. The lowest BCUT2D eigenvalue weighted by Gasteiger charge is -2.46. The van der Waals surface area contributed by atoms with Crippen LogP contribution in [0.1, 0.15) is 48.8 Å². The molecule has 3 N–H and O–H groups in total. The van der Waals surface area contributed by atoms with Gasteiger partial charge in [-0.2, -0.15) is 5.10 Å². The van der Waals surface area contributed by atoms with Gasteiger partial charge < -0.3 is 25.2 Å². The SMILES string of the molecule is COc1cc(Cn2ncc3c(-c4cccc(-c5cc(F)c(CNC[C@@H]6CCC(=O)N6)c(OC)c5)c4Cl)cccc32)c(Cl)cc1CN(C)C12CC(C1)C(C(=O)O)C2. The molecule has 0 spiro atoms. The first-order valence-corrected chi connectivity index (χ1v) is 19.6. The number of benzene rings is 4. The van der Waals surface area contributed by atoms with Gasteiger partial charge in [-0.25, -0.2) is 4.39 Å². The van der Waals surface area contributed by atoms with Gasteiger partial charge in [0.25, 0.3) is 0 Å². The largest absolute Gasteiger partial charge is 0.496 e. The molecule has 3 saturated carbocycles. The number of carboxylic acids is 1. The molecule has 2 bridgehead atoms. The number of methoxy groups -OCH3 is 2. The second kappa shape index (κ2) is 15.3. The van der Waals surface area contributed by atoms with Crippen LogP contribution in [0.4, 0.5) is 4.39 Å². The molecule has 4 fully saturated rings. The van der Waals surface area contributed by atoms with E-state index in [2.05, 4.69) is 22.6 Å². The number of amides is 1. The van der Waals surface area contributed by atoms with E-state index < -0.39 is 11.8 Å². The summed E-state index contributed by atoms with van der Waals surface area (Å²) in [6, 6.07) is 18.9. The van der Waals surface area contributed by atoms with Crippen LogP contribution in [-0.2, 0) is 29.2 Å². The van der Waals surface area contributed by atoms with Crippen LogP contribution in [-0.4, -0.2) is 71.1 Å². The summed E-state index contributed by atoms with van der Waals surface area (Å²) < 4.78 is 29.1. The number of nitrogens with zero attached hydrogens (tertiary/aromatic N) is 3. The molecule has 5 aromatic rings. The standard InChI is InChI=1S/C43H44Cl2FN5O5/c1-50(43-16-27(17-43)32(18-43)42(53)54)22-26-12-35(44)25(15-38(26)55-2)23-51-37-9-5-7-30(33(37)21-48-51)31-8-4-6-29(41(31)45)24-13-36(46)34(39(14-24)56-3)20-47-19-28-10-11-40(52)49-28/h4-9,12-15,21,27-28,32,47H,10-11,16-20,22-23H2,1-3H3,(H,49,52)(H,53,54)/t27?,28-,32?,43?/m0/s1. The van der Waals surface area contributed by atoms with Gasteiger partial charge in [0, 0.05) is 70.3 Å². The van der Waals surface area contributed by atoms with Crippen LogP contribution in [0.5, 0.6) is 11.5 Å². The third kappa shape index (κ3) is 6.99. The molecular weight excluding hydrogens is 756 g/mol. The number of aromatic nitrogens is 2. The van der Waals surface area contributed by atoms with Crippen molar-refractivity contribution >= 4 is 46.0 Å². The molecule has 10 nitrogen and oxygen atoms in total. The zero-order valence-corrected chi connectivity index (χ0v) is 33.0. The summed E-state index contributed by atoms with van der Waals surface area (Å²) in [7, 11) is 5.22. The average molecular weight is 801 g/mol. The number of ether oxygens (including phenoxy) is 2. The first kappa shape index (κ1) is 38.2. The molecule has 1 aromatic heterocycles. The van der Waals surface area contributed by atoms with Crippen molar-refractivity contribution in [2.45, 2.75) is 63.3 Å². The molecule has 56 heavy (non-hydrogen) atoms. The summed E-state index contributed by atoms with van der Waals surface area (Å²) in [6.07, 6.45) is 5.56. The smallest absolute Gasteiger partial charge is 0.306 e. The van der Waals surface area contributed by atoms with Gasteiger partial charge in [-0.1, -0.05) is 53.5 Å². The van der Waals surface area contributed by atoms with Gasteiger partial charge in [-0.3, -0.25) is 19.2 Å². The Morgan fingerprint density at radius 2 is 1.79 bits per heavy atom. The Hall–Kier alpha value is -4.68. The highest BCUT2D eigenvalue weighted by molar-refractivity contribution is 6.36. The number of nitrogens with one attached hydrogen (secondary N) is 2. The molecule has 1 saturated heterocycles. The summed E-state index contributed by atoms with van der Waals surface area (Å²) in [5.41, 5.74) is 5.89. The minimum Gasteiger partial charge on any atom is -0.496 e. The van der Waals surface area contributed by atoms with Crippen LogP contribution in [0.2, 0.25) is 10.0 Å². The molecule has 1 amide bonds. The first-order valence-electron chi connectivity index (χ1n) is 18.9. The van der Waals surface area contributed by atoms with Crippen molar-refractivity contribution in [2.75, 3.05) is 27.8 Å². The maximum Gasteiger partial charge on any atom is 0.306 e. The van der Waals surface area contributed by atoms with Gasteiger partial charge in [0.2, 0.25) is 5.91 Å². The van der Waals surface area contributed by atoms with E-state index in [-0.39, 0.29) is 35.9 Å². The van der Waals surface area contributed by atoms with Crippen LogP contribution < -0.4 is 20.1 Å². The summed E-state index contributed by atoms with van der Waals surface area (Å²) in [4.78, 5) is 25.6. The number of rotatable bonds is 14. The van der Waals surface area contributed by atoms with Crippen molar-refractivity contribution in [2.24, 2.45) is 11.8 Å². The van der Waals surface area contributed by atoms with Gasteiger partial charge >= 0.3 is 5.97 Å². The Morgan fingerprint density at radius 1 is 1.04 bits per heavy atom. The lowest BCUT2D eigenvalue weighted by molar-refractivity contribution is -0.142. The number of halogens is 3. The van der Waals surface area contributed by atoms with E-state index in [1.54, 1.807) is 13.2 Å². The highest BCUT2D eigenvalue weighted by Gasteiger charge is 2.60. The molecule has 0 radical (unpaired) electrons. The number of fused-ring (bicyclic) bond motifs is 2. The molecule has 3 aliphatic carbocycles. The van der Waals surface area contributed by atoms with Crippen molar-refractivity contribution in [1.29, 1.82) is 0 Å². The van der Waals surface area contributed by atoms with Gasteiger partial charge in [0.1, 0.15) is 17.3 Å². The second-order valence-electron chi connectivity index (χ2n) is 15.4. The average Bonchev–Trinajstić information content (AvgIpc) is 3.97. The molecule has 9 rings (SSSR count). The molecule has 1 unspecified atom stereocenters. The molecule has 292 valence electrons. The third-order valence-corrected chi connectivity index (χ3v) is 13.0. The predicted molar refractivity (Wildman–Crippen MR) is 215 cm³/mol. The lowest BCUT2D eigenvalue weighted by Crippen LogP contribution is -2.49. The number of carbonyl (C=O) groups excluding carboxylic acids is 1. The van der Waals surface area contributed by atoms with E-state index in [1.165, 1.54) is 13.2 Å². The minimum atomic E-state index is -0.694. The Bertz CT molecular complexity index is 2340. The monoisotopic (exact) mass is 799 g/mol. The molecule has 4 aliphatic rings. The van der Waals surface area contributed by atoms with E-state index in [0.717, 1.165) is 52.4 Å². The van der Waals surface area contributed by atoms with Gasteiger partial charge in [-0.05, 0) is 85.7 Å². The molecule has 2 atom stereocenters. The summed E-state index contributed by atoms with van der Waals surface area (Å²) in [5.74, 6) is 0.0376. The first-order chi connectivity index (χ1) is 27.0. The van der Waals surface area contributed by atoms with E-state index in [0.29, 0.717) is 70.7 Å². The van der Waals surface area contributed by atoms with Crippen LogP contribution in [0.25, 0.3) is 33.2 Å².